The fourth-order valence-electron chi connectivity index (χ4n) is 2.99. The topological polar surface area (TPSA) is 54.2 Å². The van der Waals surface area contributed by atoms with Crippen LogP contribution in [0.25, 0.3) is 0 Å². The Morgan fingerprint density at radius 1 is 1.27 bits per heavy atom. The molecule has 5 nitrogen and oxygen atoms in total. The summed E-state index contributed by atoms with van der Waals surface area (Å²) >= 11 is 0. The molecule has 2 rings (SSSR count). The molecule has 5 heteroatoms. The molecule has 1 heterocycles. The third-order valence-corrected chi connectivity index (χ3v) is 4.58. The van der Waals surface area contributed by atoms with Gasteiger partial charge in [-0.15, -0.1) is 0 Å². The summed E-state index contributed by atoms with van der Waals surface area (Å²) in [6.07, 6.45) is 8.85. The van der Waals surface area contributed by atoms with Crippen molar-refractivity contribution >= 4 is 5.96 Å². The van der Waals surface area contributed by atoms with Crippen LogP contribution in [0.3, 0.4) is 0 Å². The van der Waals surface area contributed by atoms with Gasteiger partial charge in [-0.25, -0.2) is 4.98 Å². The minimum Gasteiger partial charge on any atom is -0.354 e. The van der Waals surface area contributed by atoms with E-state index in [1.54, 1.807) is 0 Å². The smallest absolute Gasteiger partial charge is 0.191 e. The van der Waals surface area contributed by atoms with Crippen LogP contribution in [0.15, 0.2) is 41.7 Å². The Balaban J connectivity index is 1.85. The maximum Gasteiger partial charge on any atom is 0.191 e. The minimum absolute atomic E-state index is 0.434. The van der Waals surface area contributed by atoms with Gasteiger partial charge in [-0.2, -0.15) is 0 Å². The summed E-state index contributed by atoms with van der Waals surface area (Å²) in [5.74, 6) is 1.90. The van der Waals surface area contributed by atoms with Crippen molar-refractivity contribution in [1.29, 1.82) is 0 Å². The lowest BCUT2D eigenvalue weighted by atomic mass is 10.1. The van der Waals surface area contributed by atoms with Crippen LogP contribution in [0, 0.1) is 6.92 Å². The molecule has 26 heavy (non-hydrogen) atoms. The fourth-order valence-corrected chi connectivity index (χ4v) is 2.99. The highest BCUT2D eigenvalue weighted by atomic mass is 15.2. The number of nitrogens with one attached hydrogen (secondary N) is 2. The Hall–Kier alpha value is -2.30. The molecule has 0 saturated heterocycles. The summed E-state index contributed by atoms with van der Waals surface area (Å²) in [6.45, 7) is 8.10. The minimum atomic E-state index is 0.434. The molecule has 0 radical (unpaired) electrons. The van der Waals surface area contributed by atoms with Crippen molar-refractivity contribution in [3.8, 4) is 0 Å². The van der Waals surface area contributed by atoms with Gasteiger partial charge < -0.3 is 15.2 Å². The molecule has 0 amide bonds. The first-order valence-corrected chi connectivity index (χ1v) is 9.65. The van der Waals surface area contributed by atoms with Crippen molar-refractivity contribution in [3.05, 3.63) is 53.6 Å². The summed E-state index contributed by atoms with van der Waals surface area (Å²) in [5.41, 5.74) is 2.53. The molecule has 1 aromatic carbocycles. The van der Waals surface area contributed by atoms with Crippen LogP contribution in [-0.2, 0) is 13.1 Å². The van der Waals surface area contributed by atoms with Crippen molar-refractivity contribution < 1.29 is 0 Å². The number of imidazole rings is 1. The Kier molecular flexibility index (Phi) is 8.19. The standard InChI is InChI=1S/C21H33N5/c1-5-6-7-9-17(2)25-21(22-4)24-15-19-10-8-11-20(14-19)16-26-13-12-23-18(26)3/h8,10-14,17H,5-7,9,15-16H2,1-4H3,(H2,22,24,25). The van der Waals surface area contributed by atoms with Crippen LogP contribution in [0.4, 0.5) is 0 Å². The van der Waals surface area contributed by atoms with Crippen LogP contribution in [0.5, 0.6) is 0 Å². The number of aromatic nitrogens is 2. The van der Waals surface area contributed by atoms with E-state index in [2.05, 4.69) is 63.3 Å². The van der Waals surface area contributed by atoms with Gasteiger partial charge in [-0.3, -0.25) is 4.99 Å². The zero-order valence-corrected chi connectivity index (χ0v) is 16.6. The summed E-state index contributed by atoms with van der Waals surface area (Å²) < 4.78 is 2.16. The summed E-state index contributed by atoms with van der Waals surface area (Å²) in [4.78, 5) is 8.63. The maximum absolute atomic E-state index is 4.35. The quantitative estimate of drug-likeness (QED) is 0.408. The Labute approximate surface area is 158 Å². The van der Waals surface area contributed by atoms with Crippen molar-refractivity contribution in [1.82, 2.24) is 20.2 Å². The molecule has 0 aliphatic carbocycles. The van der Waals surface area contributed by atoms with Crippen molar-refractivity contribution in [2.24, 2.45) is 4.99 Å². The number of hydrogen-bond donors (Lipinski definition) is 2. The first kappa shape index (κ1) is 20.0. The number of guanidine groups is 1. The van der Waals surface area contributed by atoms with Crippen LogP contribution in [0.2, 0.25) is 0 Å². The molecule has 0 saturated carbocycles. The average molecular weight is 356 g/mol. The number of aliphatic imine (C=N–C) groups is 1. The molecule has 0 fully saturated rings. The van der Waals surface area contributed by atoms with Gasteiger partial charge in [0.05, 0.1) is 0 Å². The van der Waals surface area contributed by atoms with Gasteiger partial charge in [-0.05, 0) is 31.4 Å². The van der Waals surface area contributed by atoms with E-state index in [0.29, 0.717) is 6.04 Å². The maximum atomic E-state index is 4.35. The monoisotopic (exact) mass is 355 g/mol. The highest BCUT2D eigenvalue weighted by Crippen LogP contribution is 2.09. The van der Waals surface area contributed by atoms with E-state index in [1.165, 1.54) is 36.8 Å². The summed E-state index contributed by atoms with van der Waals surface area (Å²) in [6, 6.07) is 9.09. The first-order valence-electron chi connectivity index (χ1n) is 9.65. The van der Waals surface area contributed by atoms with Crippen molar-refractivity contribution in [2.45, 2.75) is 65.6 Å². The predicted molar refractivity (Wildman–Crippen MR) is 109 cm³/mol. The number of hydrogen-bond acceptors (Lipinski definition) is 2. The molecule has 142 valence electrons. The average Bonchev–Trinajstić information content (AvgIpc) is 3.04. The molecule has 0 aliphatic rings. The number of nitrogens with zero attached hydrogens (tertiary/aromatic N) is 3. The second-order valence-electron chi connectivity index (χ2n) is 6.89. The zero-order chi connectivity index (χ0) is 18.8. The van der Waals surface area contributed by atoms with E-state index < -0.39 is 0 Å². The largest absolute Gasteiger partial charge is 0.354 e. The number of unbranched alkanes of at least 4 members (excludes halogenated alkanes) is 2. The van der Waals surface area contributed by atoms with E-state index in [-0.39, 0.29) is 0 Å². The molecule has 0 spiro atoms. The van der Waals surface area contributed by atoms with Gasteiger partial charge in [0.15, 0.2) is 5.96 Å². The fraction of sp³-hybridized carbons (Fsp3) is 0.524. The van der Waals surface area contributed by atoms with Crippen LogP contribution >= 0.6 is 0 Å². The predicted octanol–water partition coefficient (Wildman–Crippen LogP) is 3.87. The molecule has 1 atom stereocenters. The van der Waals surface area contributed by atoms with E-state index in [4.69, 9.17) is 0 Å². The SMILES string of the molecule is CCCCCC(C)NC(=NC)NCc1cccc(Cn2ccnc2C)c1. The molecule has 0 aliphatic heterocycles. The van der Waals surface area contributed by atoms with Crippen molar-refractivity contribution in [3.63, 3.8) is 0 Å². The number of rotatable bonds is 9. The van der Waals surface area contributed by atoms with Crippen LogP contribution in [0.1, 0.15) is 56.5 Å². The van der Waals surface area contributed by atoms with Gasteiger partial charge in [0.2, 0.25) is 0 Å². The highest BCUT2D eigenvalue weighted by molar-refractivity contribution is 5.79. The van der Waals surface area contributed by atoms with Gasteiger partial charge in [0.25, 0.3) is 0 Å². The van der Waals surface area contributed by atoms with Gasteiger partial charge in [-0.1, -0.05) is 50.5 Å². The van der Waals surface area contributed by atoms with Gasteiger partial charge in [0.1, 0.15) is 5.82 Å². The van der Waals surface area contributed by atoms with Crippen molar-refractivity contribution in [2.75, 3.05) is 7.05 Å². The second-order valence-corrected chi connectivity index (χ2v) is 6.89. The molecule has 0 bridgehead atoms. The Morgan fingerprint density at radius 2 is 2.08 bits per heavy atom. The van der Waals surface area contributed by atoms with E-state index in [1.807, 2.05) is 26.4 Å². The molecular weight excluding hydrogens is 322 g/mol. The first-order chi connectivity index (χ1) is 12.6. The molecule has 1 aromatic heterocycles. The van der Waals surface area contributed by atoms with Gasteiger partial charge in [0, 0.05) is 38.6 Å². The zero-order valence-electron chi connectivity index (χ0n) is 16.6. The number of benzene rings is 1. The molecule has 1 unspecified atom stereocenters. The summed E-state index contributed by atoms with van der Waals surface area (Å²) in [5, 5.41) is 6.90. The van der Waals surface area contributed by atoms with Crippen LogP contribution < -0.4 is 10.6 Å². The molecule has 2 aromatic rings. The normalized spacial score (nSPS) is 12.8. The lowest BCUT2D eigenvalue weighted by molar-refractivity contribution is 0.546. The third-order valence-electron chi connectivity index (χ3n) is 4.58. The lowest BCUT2D eigenvalue weighted by Gasteiger charge is -2.18. The van der Waals surface area contributed by atoms with Gasteiger partial charge >= 0.3 is 0 Å². The second kappa shape index (κ2) is 10.6. The number of aryl methyl sites for hydroxylation is 1. The lowest BCUT2D eigenvalue weighted by Crippen LogP contribution is -2.41. The highest BCUT2D eigenvalue weighted by Gasteiger charge is 2.05. The van der Waals surface area contributed by atoms with E-state index >= 15 is 0 Å². The Bertz CT molecular complexity index is 689. The van der Waals surface area contributed by atoms with Crippen LogP contribution in [-0.4, -0.2) is 28.6 Å². The molecular formula is C21H33N5. The third kappa shape index (κ3) is 6.54. The van der Waals surface area contributed by atoms with E-state index in [9.17, 15) is 0 Å². The molecule has 2 N–H and O–H groups in total. The van der Waals surface area contributed by atoms with E-state index in [0.717, 1.165) is 24.9 Å². The summed E-state index contributed by atoms with van der Waals surface area (Å²) in [7, 11) is 1.83. The Morgan fingerprint density at radius 3 is 2.77 bits per heavy atom.